The van der Waals surface area contributed by atoms with Gasteiger partial charge in [0.15, 0.2) is 0 Å². The Morgan fingerprint density at radius 1 is 1.26 bits per heavy atom. The van der Waals surface area contributed by atoms with Crippen molar-refractivity contribution in [3.63, 3.8) is 0 Å². The Hall–Kier alpha value is -0.320. The van der Waals surface area contributed by atoms with Crippen molar-refractivity contribution in [2.24, 2.45) is 11.7 Å². The lowest BCUT2D eigenvalue weighted by Crippen LogP contribution is -2.48. The molecule has 5 heteroatoms. The van der Waals surface area contributed by atoms with Gasteiger partial charge in [-0.15, -0.1) is 12.4 Å². The standard InChI is InChI=1S/C14H26N2O2.ClH/c15-10-13-11-16(8-9-18-13)14(17)7-6-12-4-2-1-3-5-12;/h12-13H,1-11,15H2;1H. The fraction of sp³-hybridized carbons (Fsp3) is 0.929. The van der Waals surface area contributed by atoms with E-state index in [0.29, 0.717) is 32.0 Å². The van der Waals surface area contributed by atoms with Crippen LogP contribution in [-0.2, 0) is 9.53 Å². The van der Waals surface area contributed by atoms with E-state index in [0.717, 1.165) is 18.9 Å². The van der Waals surface area contributed by atoms with Crippen LogP contribution in [0.25, 0.3) is 0 Å². The molecule has 4 nitrogen and oxygen atoms in total. The van der Waals surface area contributed by atoms with Crippen molar-refractivity contribution in [1.82, 2.24) is 4.90 Å². The predicted molar refractivity (Wildman–Crippen MR) is 78.4 cm³/mol. The smallest absolute Gasteiger partial charge is 0.222 e. The number of carbonyl (C=O) groups excluding carboxylic acids is 1. The summed E-state index contributed by atoms with van der Waals surface area (Å²) in [4.78, 5) is 14.1. The van der Waals surface area contributed by atoms with Gasteiger partial charge in [-0.25, -0.2) is 0 Å². The molecule has 0 bridgehead atoms. The van der Waals surface area contributed by atoms with E-state index < -0.39 is 0 Å². The number of hydrogen-bond donors (Lipinski definition) is 1. The Kier molecular flexibility index (Phi) is 7.73. The first kappa shape index (κ1) is 16.7. The number of amides is 1. The zero-order valence-corrected chi connectivity index (χ0v) is 12.5. The molecule has 0 aromatic carbocycles. The first-order valence-corrected chi connectivity index (χ1v) is 7.39. The van der Waals surface area contributed by atoms with Crippen LogP contribution in [0.3, 0.4) is 0 Å². The summed E-state index contributed by atoms with van der Waals surface area (Å²) in [6.45, 7) is 2.56. The molecule has 2 aliphatic rings. The van der Waals surface area contributed by atoms with Crippen LogP contribution in [0.4, 0.5) is 0 Å². The largest absolute Gasteiger partial charge is 0.373 e. The van der Waals surface area contributed by atoms with Gasteiger partial charge in [0.2, 0.25) is 5.91 Å². The fourth-order valence-electron chi connectivity index (χ4n) is 3.05. The molecule has 112 valence electrons. The summed E-state index contributed by atoms with van der Waals surface area (Å²) in [5, 5.41) is 0. The molecule has 1 saturated heterocycles. The maximum Gasteiger partial charge on any atom is 0.222 e. The first-order valence-electron chi connectivity index (χ1n) is 7.39. The van der Waals surface area contributed by atoms with E-state index in [1.807, 2.05) is 4.90 Å². The minimum absolute atomic E-state index is 0. The lowest BCUT2D eigenvalue weighted by Gasteiger charge is -2.33. The third-order valence-electron chi connectivity index (χ3n) is 4.25. The summed E-state index contributed by atoms with van der Waals surface area (Å²) in [7, 11) is 0. The molecule has 0 aromatic heterocycles. The molecule has 2 fully saturated rings. The van der Waals surface area contributed by atoms with E-state index >= 15 is 0 Å². The van der Waals surface area contributed by atoms with Crippen LogP contribution in [0.2, 0.25) is 0 Å². The van der Waals surface area contributed by atoms with Gasteiger partial charge in [0.05, 0.1) is 12.7 Å². The topological polar surface area (TPSA) is 55.6 Å². The molecular weight excluding hydrogens is 264 g/mol. The summed E-state index contributed by atoms with van der Waals surface area (Å²) < 4.78 is 5.48. The summed E-state index contributed by atoms with van der Waals surface area (Å²) in [6.07, 6.45) is 8.55. The highest BCUT2D eigenvalue weighted by atomic mass is 35.5. The number of carbonyl (C=O) groups is 1. The maximum atomic E-state index is 12.1. The predicted octanol–water partition coefficient (Wildman–Crippen LogP) is 1.95. The lowest BCUT2D eigenvalue weighted by molar-refractivity contribution is -0.138. The highest BCUT2D eigenvalue weighted by Crippen LogP contribution is 2.27. The molecule has 1 atom stereocenters. The number of nitrogens with zero attached hydrogens (tertiary/aromatic N) is 1. The molecule has 1 saturated carbocycles. The third kappa shape index (κ3) is 5.28. The lowest BCUT2D eigenvalue weighted by atomic mass is 9.86. The normalized spacial score (nSPS) is 24.9. The van der Waals surface area contributed by atoms with Gasteiger partial charge < -0.3 is 15.4 Å². The van der Waals surface area contributed by atoms with Gasteiger partial charge in [-0.05, 0) is 12.3 Å². The SMILES string of the molecule is Cl.NCC1CN(C(=O)CCC2CCCCC2)CCO1. The summed E-state index contributed by atoms with van der Waals surface area (Å²) in [5.74, 6) is 1.08. The molecule has 0 aromatic rings. The number of hydrogen-bond acceptors (Lipinski definition) is 3. The second kappa shape index (κ2) is 8.77. The molecule has 1 aliphatic carbocycles. The summed E-state index contributed by atoms with van der Waals surface area (Å²) >= 11 is 0. The van der Waals surface area contributed by atoms with Crippen molar-refractivity contribution in [2.75, 3.05) is 26.2 Å². The van der Waals surface area contributed by atoms with E-state index in [1.165, 1.54) is 32.1 Å². The van der Waals surface area contributed by atoms with Crippen LogP contribution >= 0.6 is 12.4 Å². The van der Waals surface area contributed by atoms with Gasteiger partial charge in [-0.1, -0.05) is 32.1 Å². The van der Waals surface area contributed by atoms with Gasteiger partial charge in [0.1, 0.15) is 0 Å². The average Bonchev–Trinajstić information content (AvgIpc) is 2.46. The molecule has 1 amide bonds. The number of halogens is 1. The summed E-state index contributed by atoms with van der Waals surface area (Å²) in [6, 6.07) is 0. The molecule has 19 heavy (non-hydrogen) atoms. The van der Waals surface area contributed by atoms with Crippen LogP contribution in [0, 0.1) is 5.92 Å². The van der Waals surface area contributed by atoms with Crippen molar-refractivity contribution >= 4 is 18.3 Å². The van der Waals surface area contributed by atoms with E-state index in [4.69, 9.17) is 10.5 Å². The first-order chi connectivity index (χ1) is 8.79. The van der Waals surface area contributed by atoms with Gasteiger partial charge in [0.25, 0.3) is 0 Å². The number of ether oxygens (including phenoxy) is 1. The monoisotopic (exact) mass is 290 g/mol. The molecule has 0 spiro atoms. The zero-order chi connectivity index (χ0) is 12.8. The maximum absolute atomic E-state index is 12.1. The Morgan fingerprint density at radius 2 is 2.00 bits per heavy atom. The van der Waals surface area contributed by atoms with E-state index in [-0.39, 0.29) is 18.5 Å². The number of nitrogens with two attached hydrogens (primary N) is 1. The zero-order valence-electron chi connectivity index (χ0n) is 11.7. The van der Waals surface area contributed by atoms with E-state index in [9.17, 15) is 4.79 Å². The molecule has 2 N–H and O–H groups in total. The Labute approximate surface area is 122 Å². The van der Waals surface area contributed by atoms with Crippen LogP contribution in [0.1, 0.15) is 44.9 Å². The number of rotatable bonds is 4. The highest BCUT2D eigenvalue weighted by Gasteiger charge is 2.24. The molecule has 2 rings (SSSR count). The molecular formula is C14H27ClN2O2. The van der Waals surface area contributed by atoms with Crippen molar-refractivity contribution < 1.29 is 9.53 Å². The molecule has 1 unspecified atom stereocenters. The van der Waals surface area contributed by atoms with E-state index in [1.54, 1.807) is 0 Å². The average molecular weight is 291 g/mol. The van der Waals surface area contributed by atoms with Gasteiger partial charge in [-0.3, -0.25) is 4.79 Å². The van der Waals surface area contributed by atoms with Gasteiger partial charge >= 0.3 is 0 Å². The van der Waals surface area contributed by atoms with E-state index in [2.05, 4.69) is 0 Å². The van der Waals surface area contributed by atoms with Crippen molar-refractivity contribution in [3.8, 4) is 0 Å². The Morgan fingerprint density at radius 3 is 2.68 bits per heavy atom. The van der Waals surface area contributed by atoms with Crippen molar-refractivity contribution in [3.05, 3.63) is 0 Å². The Balaban J connectivity index is 0.00000180. The summed E-state index contributed by atoms with van der Waals surface area (Å²) in [5.41, 5.74) is 5.59. The second-order valence-electron chi connectivity index (χ2n) is 5.61. The second-order valence-corrected chi connectivity index (χ2v) is 5.61. The fourth-order valence-corrected chi connectivity index (χ4v) is 3.05. The van der Waals surface area contributed by atoms with Crippen LogP contribution < -0.4 is 5.73 Å². The highest BCUT2D eigenvalue weighted by molar-refractivity contribution is 5.85. The van der Waals surface area contributed by atoms with Crippen LogP contribution in [-0.4, -0.2) is 43.2 Å². The van der Waals surface area contributed by atoms with Crippen molar-refractivity contribution in [1.29, 1.82) is 0 Å². The number of morpholine rings is 1. The quantitative estimate of drug-likeness (QED) is 0.861. The van der Waals surface area contributed by atoms with Gasteiger partial charge in [-0.2, -0.15) is 0 Å². The molecule has 0 radical (unpaired) electrons. The minimum atomic E-state index is 0. The van der Waals surface area contributed by atoms with Gasteiger partial charge in [0, 0.05) is 26.1 Å². The van der Waals surface area contributed by atoms with Crippen molar-refractivity contribution in [2.45, 2.75) is 51.0 Å². The third-order valence-corrected chi connectivity index (χ3v) is 4.25. The Bertz CT molecular complexity index is 270. The molecule has 1 heterocycles. The van der Waals surface area contributed by atoms with Crippen LogP contribution in [0.15, 0.2) is 0 Å². The van der Waals surface area contributed by atoms with Crippen LogP contribution in [0.5, 0.6) is 0 Å². The minimum Gasteiger partial charge on any atom is -0.373 e. The molecule has 1 aliphatic heterocycles.